The average molecular weight is 489 g/mol. The molecule has 1 atom stereocenters. The number of β-amino-alcohol motifs (C(OH)–C–C–N with tert-alkyl or cyclic N) is 1. The lowest BCUT2D eigenvalue weighted by Crippen LogP contribution is -2.45. The molecule has 5 rings (SSSR count). The number of benzene rings is 2. The summed E-state index contributed by atoms with van der Waals surface area (Å²) in [5, 5.41) is 10.9. The minimum Gasteiger partial charge on any atom is -0.389 e. The van der Waals surface area contributed by atoms with Gasteiger partial charge in [-0.05, 0) is 36.4 Å². The maximum Gasteiger partial charge on any atom is 0.333 e. The fourth-order valence-corrected chi connectivity index (χ4v) is 4.29. The topological polar surface area (TPSA) is 125 Å². The van der Waals surface area contributed by atoms with Gasteiger partial charge in [-0.3, -0.25) is 28.8 Å². The largest absolute Gasteiger partial charge is 0.389 e. The van der Waals surface area contributed by atoms with Crippen LogP contribution in [0.15, 0.2) is 67.3 Å². The van der Waals surface area contributed by atoms with Crippen molar-refractivity contribution < 1.29 is 29.0 Å². The molecule has 0 saturated carbocycles. The van der Waals surface area contributed by atoms with E-state index in [1.807, 2.05) is 0 Å². The van der Waals surface area contributed by atoms with Crippen LogP contribution in [-0.4, -0.2) is 82.3 Å². The van der Waals surface area contributed by atoms with Gasteiger partial charge in [0.2, 0.25) is 0 Å². The van der Waals surface area contributed by atoms with Crippen LogP contribution in [0.5, 0.6) is 0 Å². The van der Waals surface area contributed by atoms with Crippen molar-refractivity contribution in [2.24, 2.45) is 0 Å². The van der Waals surface area contributed by atoms with E-state index in [9.17, 15) is 24.3 Å². The van der Waals surface area contributed by atoms with Gasteiger partial charge < -0.3 is 14.7 Å². The number of hydrogen-bond donors (Lipinski definition) is 1. The summed E-state index contributed by atoms with van der Waals surface area (Å²) in [6, 6.07) is 12.8. The first-order chi connectivity index (χ1) is 17.4. The zero-order valence-electron chi connectivity index (χ0n) is 19.2. The Balaban J connectivity index is 1.36. The first-order valence-corrected chi connectivity index (χ1v) is 11.4. The number of anilines is 2. The minimum absolute atomic E-state index is 0.0109. The molecule has 11 nitrogen and oxygen atoms in total. The van der Waals surface area contributed by atoms with E-state index < -0.39 is 23.9 Å². The number of nitrogens with zero attached hydrogens (tertiary/aromatic N) is 5. The smallest absolute Gasteiger partial charge is 0.333 e. The number of aliphatic hydroxyl groups excluding tert-OH is 1. The van der Waals surface area contributed by atoms with Crippen molar-refractivity contribution in [3.63, 3.8) is 0 Å². The summed E-state index contributed by atoms with van der Waals surface area (Å²) in [5.74, 6) is -1.12. The summed E-state index contributed by atoms with van der Waals surface area (Å²) in [7, 11) is 0. The molecule has 11 heteroatoms. The summed E-state index contributed by atoms with van der Waals surface area (Å²) < 4.78 is 6.43. The fourth-order valence-electron chi connectivity index (χ4n) is 4.29. The van der Waals surface area contributed by atoms with E-state index in [4.69, 9.17) is 4.74 Å². The van der Waals surface area contributed by atoms with Crippen LogP contribution < -0.4 is 9.80 Å². The van der Waals surface area contributed by atoms with E-state index in [0.29, 0.717) is 24.5 Å². The molecule has 1 unspecified atom stereocenters. The molecule has 2 aromatic carbocycles. The van der Waals surface area contributed by atoms with Crippen molar-refractivity contribution in [3.8, 4) is 0 Å². The van der Waals surface area contributed by atoms with Crippen molar-refractivity contribution >= 4 is 35.1 Å². The van der Waals surface area contributed by atoms with Crippen LogP contribution in [0.3, 0.4) is 0 Å². The number of carbonyl (C=O) groups excluding carboxylic acids is 4. The molecule has 2 aliphatic heterocycles. The second kappa shape index (κ2) is 9.72. The molecule has 1 fully saturated rings. The number of aliphatic hydroxyl groups is 1. The van der Waals surface area contributed by atoms with Crippen molar-refractivity contribution in [2.45, 2.75) is 6.10 Å². The number of rotatable bonds is 6. The average Bonchev–Trinajstić information content (AvgIpc) is 3.52. The van der Waals surface area contributed by atoms with Crippen molar-refractivity contribution in [1.29, 1.82) is 0 Å². The quantitative estimate of drug-likeness (QED) is 0.519. The highest BCUT2D eigenvalue weighted by molar-refractivity contribution is 6.21. The first-order valence-electron chi connectivity index (χ1n) is 11.4. The van der Waals surface area contributed by atoms with Crippen LogP contribution >= 0.6 is 0 Å². The van der Waals surface area contributed by atoms with Gasteiger partial charge in [0, 0.05) is 30.3 Å². The minimum atomic E-state index is -1.22. The van der Waals surface area contributed by atoms with Gasteiger partial charge in [0.1, 0.15) is 12.9 Å². The Kier molecular flexibility index (Phi) is 6.32. The molecular weight excluding hydrogens is 466 g/mol. The van der Waals surface area contributed by atoms with E-state index in [-0.39, 0.29) is 36.7 Å². The maximum absolute atomic E-state index is 13.2. The summed E-state index contributed by atoms with van der Waals surface area (Å²) in [6.07, 6.45) is 3.05. The summed E-state index contributed by atoms with van der Waals surface area (Å²) >= 11 is 0. The van der Waals surface area contributed by atoms with Gasteiger partial charge in [0.05, 0.1) is 36.9 Å². The molecule has 4 amide bonds. The molecule has 36 heavy (non-hydrogen) atoms. The molecule has 184 valence electrons. The fraction of sp³-hybridized carbons (Fsp3) is 0.240. The van der Waals surface area contributed by atoms with Gasteiger partial charge in [-0.15, -0.1) is 0 Å². The summed E-state index contributed by atoms with van der Waals surface area (Å²) in [5.41, 5.74) is 1.69. The molecule has 0 radical (unpaired) electrons. The van der Waals surface area contributed by atoms with Gasteiger partial charge >= 0.3 is 6.03 Å². The highest BCUT2D eigenvalue weighted by atomic mass is 16.5. The molecule has 0 bridgehead atoms. The molecular formula is C25H23N5O6. The van der Waals surface area contributed by atoms with Crippen LogP contribution in [0.25, 0.3) is 0 Å². The number of morpholine rings is 1. The number of aromatic nitrogens is 2. The zero-order chi connectivity index (χ0) is 25.2. The van der Waals surface area contributed by atoms with E-state index in [1.54, 1.807) is 53.4 Å². The molecule has 0 spiro atoms. The van der Waals surface area contributed by atoms with Gasteiger partial charge in [0.25, 0.3) is 17.7 Å². The Morgan fingerprint density at radius 2 is 1.75 bits per heavy atom. The lowest BCUT2D eigenvalue weighted by Gasteiger charge is -2.29. The third-order valence-electron chi connectivity index (χ3n) is 6.08. The molecule has 2 aliphatic rings. The van der Waals surface area contributed by atoms with Crippen LogP contribution in [0.2, 0.25) is 0 Å². The van der Waals surface area contributed by atoms with Crippen LogP contribution in [0.4, 0.5) is 16.2 Å². The number of ether oxygens (including phenoxy) is 1. The second-order valence-corrected chi connectivity index (χ2v) is 8.40. The Hall–Kier alpha value is -4.35. The molecule has 3 heterocycles. The van der Waals surface area contributed by atoms with Crippen LogP contribution in [-0.2, 0) is 9.53 Å². The summed E-state index contributed by atoms with van der Waals surface area (Å²) in [6.45, 7) is 0.398. The summed E-state index contributed by atoms with van der Waals surface area (Å²) in [4.78, 5) is 58.6. The number of imidazole rings is 1. The Labute approximate surface area is 206 Å². The van der Waals surface area contributed by atoms with Gasteiger partial charge in [-0.2, -0.15) is 0 Å². The third-order valence-corrected chi connectivity index (χ3v) is 6.08. The molecule has 1 N–H and O–H groups in total. The van der Waals surface area contributed by atoms with E-state index in [1.165, 1.54) is 28.2 Å². The molecule has 1 saturated heterocycles. The Morgan fingerprint density at radius 1 is 1.06 bits per heavy atom. The predicted molar refractivity (Wildman–Crippen MR) is 128 cm³/mol. The Bertz CT molecular complexity index is 1270. The predicted octanol–water partition coefficient (Wildman–Crippen LogP) is 1.38. The number of amides is 4. The number of hydrogen-bond acceptors (Lipinski definition) is 7. The van der Waals surface area contributed by atoms with Crippen LogP contribution in [0.1, 0.15) is 20.7 Å². The van der Waals surface area contributed by atoms with Crippen molar-refractivity contribution in [3.05, 3.63) is 78.4 Å². The zero-order valence-corrected chi connectivity index (χ0v) is 19.2. The lowest BCUT2D eigenvalue weighted by atomic mass is 10.1. The number of carbonyl (C=O) groups is 4. The van der Waals surface area contributed by atoms with Crippen molar-refractivity contribution in [2.75, 3.05) is 42.6 Å². The SMILES string of the molecule is O=C1c2ccccc2C(=O)N1CC(O)CN(C(=O)n1ccnc1)c1ccc(N2CCOCC2=O)cc1. The van der Waals surface area contributed by atoms with E-state index in [2.05, 4.69) is 4.98 Å². The van der Waals surface area contributed by atoms with Crippen molar-refractivity contribution in [1.82, 2.24) is 14.5 Å². The van der Waals surface area contributed by atoms with E-state index >= 15 is 0 Å². The van der Waals surface area contributed by atoms with E-state index in [0.717, 1.165) is 4.90 Å². The lowest BCUT2D eigenvalue weighted by molar-refractivity contribution is -0.125. The molecule has 3 aromatic rings. The second-order valence-electron chi connectivity index (χ2n) is 8.40. The molecule has 1 aromatic heterocycles. The standard InChI is InChI=1S/C25H23N5O6/c31-19(14-30-23(33)20-3-1-2-4-21(20)24(30)34)13-29(25(35)27-10-9-26-16-27)18-7-5-17(6-8-18)28-11-12-36-15-22(28)32/h1-10,16,19,31H,11-15H2. The molecule has 0 aliphatic carbocycles. The highest BCUT2D eigenvalue weighted by Crippen LogP contribution is 2.25. The highest BCUT2D eigenvalue weighted by Gasteiger charge is 2.36. The van der Waals surface area contributed by atoms with Gasteiger partial charge in [-0.1, -0.05) is 12.1 Å². The van der Waals surface area contributed by atoms with Gasteiger partial charge in [0.15, 0.2) is 0 Å². The maximum atomic E-state index is 13.2. The normalized spacial score (nSPS) is 16.3. The Morgan fingerprint density at radius 3 is 2.36 bits per heavy atom. The first kappa shape index (κ1) is 23.4. The van der Waals surface area contributed by atoms with Gasteiger partial charge in [-0.25, -0.2) is 9.78 Å². The number of fused-ring (bicyclic) bond motifs is 1. The monoisotopic (exact) mass is 489 g/mol. The van der Waals surface area contributed by atoms with Crippen LogP contribution in [0, 0.1) is 0 Å². The number of imide groups is 1. The third kappa shape index (κ3) is 4.37.